The summed E-state index contributed by atoms with van der Waals surface area (Å²) in [5.74, 6) is -0.0887. The third-order valence-corrected chi connectivity index (χ3v) is 5.83. The van der Waals surface area contributed by atoms with E-state index in [1.165, 1.54) is 11.3 Å². The molecule has 25 heavy (non-hydrogen) atoms. The van der Waals surface area contributed by atoms with Crippen molar-refractivity contribution in [2.45, 2.75) is 33.2 Å². The van der Waals surface area contributed by atoms with Gasteiger partial charge in [-0.25, -0.2) is 4.39 Å². The Kier molecular flexibility index (Phi) is 5.54. The van der Waals surface area contributed by atoms with Crippen LogP contribution in [0.2, 0.25) is 0 Å². The number of carbonyl (C=O) groups excluding carboxylic acids is 1. The fraction of sp³-hybridized carbons (Fsp3) is 0.450. The van der Waals surface area contributed by atoms with Gasteiger partial charge in [0.2, 0.25) is 0 Å². The molecule has 1 aliphatic heterocycles. The quantitative estimate of drug-likeness (QED) is 0.812. The standard InChI is InChI=1S/C20H25FN2OS/c1-4-15-5-6-16(11-18(15)21)17-12-19(25-13-17)20(24)23-9-7-22(8-10-23)14(2)3/h5-6,11-14H,4,7-10H2,1-3H3. The van der Waals surface area contributed by atoms with Crippen LogP contribution in [0.25, 0.3) is 11.1 Å². The van der Waals surface area contributed by atoms with Gasteiger partial charge in [0.15, 0.2) is 0 Å². The molecule has 1 fully saturated rings. The third-order valence-electron chi connectivity index (χ3n) is 4.91. The van der Waals surface area contributed by atoms with Crippen molar-refractivity contribution in [3.63, 3.8) is 0 Å². The number of nitrogens with zero attached hydrogens (tertiary/aromatic N) is 2. The first-order valence-corrected chi connectivity index (χ1v) is 9.78. The Morgan fingerprint density at radius 1 is 1.16 bits per heavy atom. The molecule has 0 bridgehead atoms. The molecule has 0 aliphatic carbocycles. The van der Waals surface area contributed by atoms with Gasteiger partial charge in [-0.1, -0.05) is 19.1 Å². The molecule has 0 N–H and O–H groups in total. The van der Waals surface area contributed by atoms with Crippen LogP contribution in [0.5, 0.6) is 0 Å². The molecule has 1 amide bonds. The molecule has 1 aliphatic rings. The monoisotopic (exact) mass is 360 g/mol. The van der Waals surface area contributed by atoms with Crippen molar-refractivity contribution in [3.05, 3.63) is 45.9 Å². The number of aryl methyl sites for hydroxylation is 1. The fourth-order valence-corrected chi connectivity index (χ4v) is 4.09. The molecule has 2 heterocycles. The van der Waals surface area contributed by atoms with Crippen molar-refractivity contribution in [2.24, 2.45) is 0 Å². The molecule has 0 saturated carbocycles. The molecule has 3 rings (SSSR count). The van der Waals surface area contributed by atoms with Gasteiger partial charge in [0.1, 0.15) is 5.82 Å². The van der Waals surface area contributed by atoms with Gasteiger partial charge < -0.3 is 4.90 Å². The zero-order valence-corrected chi connectivity index (χ0v) is 15.9. The highest BCUT2D eigenvalue weighted by atomic mass is 32.1. The van der Waals surface area contributed by atoms with Crippen molar-refractivity contribution in [1.82, 2.24) is 9.80 Å². The Morgan fingerprint density at radius 3 is 2.48 bits per heavy atom. The van der Waals surface area contributed by atoms with Crippen LogP contribution >= 0.6 is 11.3 Å². The SMILES string of the molecule is CCc1ccc(-c2csc(C(=O)N3CCN(C(C)C)CC3)c2)cc1F. The van der Waals surface area contributed by atoms with Gasteiger partial charge >= 0.3 is 0 Å². The van der Waals surface area contributed by atoms with Crippen molar-refractivity contribution >= 4 is 17.2 Å². The van der Waals surface area contributed by atoms with Gasteiger partial charge in [-0.05, 0) is 54.5 Å². The lowest BCUT2D eigenvalue weighted by atomic mass is 10.0. The first-order chi connectivity index (χ1) is 12.0. The number of halogens is 1. The lowest BCUT2D eigenvalue weighted by Crippen LogP contribution is -2.50. The van der Waals surface area contributed by atoms with Crippen molar-refractivity contribution < 1.29 is 9.18 Å². The van der Waals surface area contributed by atoms with Gasteiger partial charge in [-0.15, -0.1) is 11.3 Å². The molecule has 1 aromatic carbocycles. The number of hydrogen-bond donors (Lipinski definition) is 0. The maximum atomic E-state index is 14.0. The summed E-state index contributed by atoms with van der Waals surface area (Å²) in [5.41, 5.74) is 2.46. The number of hydrogen-bond acceptors (Lipinski definition) is 3. The first-order valence-electron chi connectivity index (χ1n) is 8.90. The molecule has 134 valence electrons. The highest BCUT2D eigenvalue weighted by Gasteiger charge is 2.24. The average Bonchev–Trinajstić information content (AvgIpc) is 3.11. The molecule has 2 aromatic rings. The second-order valence-electron chi connectivity index (χ2n) is 6.78. The van der Waals surface area contributed by atoms with Crippen LogP contribution in [0.1, 0.15) is 36.0 Å². The Morgan fingerprint density at radius 2 is 1.88 bits per heavy atom. The molecular weight excluding hydrogens is 335 g/mol. The maximum Gasteiger partial charge on any atom is 0.264 e. The fourth-order valence-electron chi connectivity index (χ4n) is 3.21. The zero-order chi connectivity index (χ0) is 18.0. The Hall–Kier alpha value is -1.72. The van der Waals surface area contributed by atoms with Crippen molar-refractivity contribution in [3.8, 4) is 11.1 Å². The predicted octanol–water partition coefficient (Wildman–Crippen LogP) is 4.28. The number of carbonyl (C=O) groups is 1. The summed E-state index contributed by atoms with van der Waals surface area (Å²) in [7, 11) is 0. The lowest BCUT2D eigenvalue weighted by Gasteiger charge is -2.36. The first kappa shape index (κ1) is 18.1. The summed E-state index contributed by atoms with van der Waals surface area (Å²) in [6, 6.07) is 7.74. The smallest absolute Gasteiger partial charge is 0.264 e. The van der Waals surface area contributed by atoms with E-state index in [-0.39, 0.29) is 11.7 Å². The van der Waals surface area contributed by atoms with Gasteiger partial charge in [0.05, 0.1) is 4.88 Å². The summed E-state index contributed by atoms with van der Waals surface area (Å²) in [6.07, 6.45) is 0.682. The van der Waals surface area contributed by atoms with Crippen LogP contribution in [-0.4, -0.2) is 47.9 Å². The lowest BCUT2D eigenvalue weighted by molar-refractivity contribution is 0.0600. The van der Waals surface area contributed by atoms with Gasteiger partial charge in [0, 0.05) is 32.2 Å². The van der Waals surface area contributed by atoms with Crippen LogP contribution in [-0.2, 0) is 6.42 Å². The second-order valence-corrected chi connectivity index (χ2v) is 7.69. The minimum Gasteiger partial charge on any atom is -0.335 e. The van der Waals surface area contributed by atoms with Crippen molar-refractivity contribution in [1.29, 1.82) is 0 Å². The van der Waals surface area contributed by atoms with E-state index >= 15 is 0 Å². The number of amides is 1. The normalized spacial score (nSPS) is 15.8. The van der Waals surface area contributed by atoms with Gasteiger partial charge in [-0.3, -0.25) is 9.69 Å². The van der Waals surface area contributed by atoms with E-state index in [1.54, 1.807) is 6.07 Å². The van der Waals surface area contributed by atoms with Crippen LogP contribution in [0, 0.1) is 5.82 Å². The van der Waals surface area contributed by atoms with Gasteiger partial charge in [-0.2, -0.15) is 0 Å². The molecule has 0 radical (unpaired) electrons. The van der Waals surface area contributed by atoms with E-state index in [4.69, 9.17) is 0 Å². The number of thiophene rings is 1. The summed E-state index contributed by atoms with van der Waals surface area (Å²) in [5, 5.41) is 1.94. The van der Waals surface area contributed by atoms with E-state index < -0.39 is 0 Å². The van der Waals surface area contributed by atoms with Crippen LogP contribution in [0.3, 0.4) is 0 Å². The van der Waals surface area contributed by atoms with E-state index in [2.05, 4.69) is 18.7 Å². The summed E-state index contributed by atoms with van der Waals surface area (Å²) in [6.45, 7) is 9.70. The minimum absolute atomic E-state index is 0.0882. The van der Waals surface area contributed by atoms with E-state index in [0.29, 0.717) is 12.5 Å². The molecule has 1 aromatic heterocycles. The van der Waals surface area contributed by atoms with E-state index in [9.17, 15) is 9.18 Å². The summed E-state index contributed by atoms with van der Waals surface area (Å²) < 4.78 is 14.0. The number of piperazine rings is 1. The maximum absolute atomic E-state index is 14.0. The number of benzene rings is 1. The second kappa shape index (κ2) is 7.67. The Balaban J connectivity index is 1.71. The summed E-state index contributed by atoms with van der Waals surface area (Å²) >= 11 is 1.44. The van der Waals surface area contributed by atoms with Crippen LogP contribution in [0.4, 0.5) is 4.39 Å². The molecular formula is C20H25FN2OS. The van der Waals surface area contributed by atoms with Gasteiger partial charge in [0.25, 0.3) is 5.91 Å². The third kappa shape index (κ3) is 3.93. The van der Waals surface area contributed by atoms with Crippen LogP contribution in [0.15, 0.2) is 29.6 Å². The Bertz CT molecular complexity index is 748. The zero-order valence-electron chi connectivity index (χ0n) is 15.1. The molecule has 0 unspecified atom stereocenters. The topological polar surface area (TPSA) is 23.6 Å². The van der Waals surface area contributed by atoms with Crippen molar-refractivity contribution in [2.75, 3.05) is 26.2 Å². The minimum atomic E-state index is -0.177. The number of rotatable bonds is 4. The Labute approximate surface area is 153 Å². The van der Waals surface area contributed by atoms with Crippen LogP contribution < -0.4 is 0 Å². The highest BCUT2D eigenvalue weighted by molar-refractivity contribution is 7.12. The van der Waals surface area contributed by atoms with E-state index in [1.807, 2.05) is 35.4 Å². The van der Waals surface area contributed by atoms with E-state index in [0.717, 1.165) is 47.7 Å². The molecule has 5 heteroatoms. The molecule has 1 saturated heterocycles. The predicted molar refractivity (Wildman–Crippen MR) is 102 cm³/mol. The average molecular weight is 360 g/mol. The molecule has 0 atom stereocenters. The molecule has 0 spiro atoms. The summed E-state index contributed by atoms with van der Waals surface area (Å²) in [4.78, 5) is 17.8. The largest absolute Gasteiger partial charge is 0.335 e. The molecule has 3 nitrogen and oxygen atoms in total. The highest BCUT2D eigenvalue weighted by Crippen LogP contribution is 2.28.